The van der Waals surface area contributed by atoms with Gasteiger partial charge in [-0.25, -0.2) is 9.78 Å². The molecule has 0 fully saturated rings. The van der Waals surface area contributed by atoms with E-state index in [1.807, 2.05) is 12.1 Å². The Kier molecular flexibility index (Phi) is 3.12. The van der Waals surface area contributed by atoms with Gasteiger partial charge >= 0.3 is 5.97 Å². The Labute approximate surface area is 119 Å². The van der Waals surface area contributed by atoms with E-state index in [0.29, 0.717) is 16.5 Å². The van der Waals surface area contributed by atoms with Crippen LogP contribution in [-0.2, 0) is 0 Å². The molecule has 0 radical (unpaired) electrons. The predicted octanol–water partition coefficient (Wildman–Crippen LogP) is 2.78. The summed E-state index contributed by atoms with van der Waals surface area (Å²) >= 11 is 0. The van der Waals surface area contributed by atoms with Crippen LogP contribution in [0.5, 0.6) is 0 Å². The van der Waals surface area contributed by atoms with E-state index in [0.717, 1.165) is 0 Å². The quantitative estimate of drug-likeness (QED) is 0.770. The van der Waals surface area contributed by atoms with Crippen molar-refractivity contribution in [3.05, 3.63) is 60.0 Å². The minimum Gasteiger partial charge on any atom is -0.478 e. The highest BCUT2D eigenvalue weighted by Gasteiger charge is 2.14. The van der Waals surface area contributed by atoms with Crippen LogP contribution in [0.1, 0.15) is 20.7 Å². The SMILES string of the molecule is O=C(O)c1ccc(NC(=O)c2coc3ccccc23)nc1. The molecule has 0 bridgehead atoms. The van der Waals surface area contributed by atoms with Crippen molar-refractivity contribution in [2.24, 2.45) is 0 Å². The summed E-state index contributed by atoms with van der Waals surface area (Å²) in [7, 11) is 0. The molecule has 0 aliphatic heterocycles. The number of fused-ring (bicyclic) bond motifs is 1. The average Bonchev–Trinajstić information content (AvgIpc) is 2.92. The summed E-state index contributed by atoms with van der Waals surface area (Å²) in [4.78, 5) is 26.8. The molecule has 104 valence electrons. The third-order valence-electron chi connectivity index (χ3n) is 2.98. The molecule has 0 aliphatic carbocycles. The zero-order chi connectivity index (χ0) is 14.8. The first-order chi connectivity index (χ1) is 10.1. The number of benzene rings is 1. The molecule has 0 spiro atoms. The van der Waals surface area contributed by atoms with Crippen LogP contribution in [0.3, 0.4) is 0 Å². The number of amides is 1. The number of hydrogen-bond donors (Lipinski definition) is 2. The molecule has 1 amide bonds. The number of carboxylic acids is 1. The summed E-state index contributed by atoms with van der Waals surface area (Å²) in [6, 6.07) is 10.00. The van der Waals surface area contributed by atoms with Gasteiger partial charge in [0.05, 0.1) is 11.1 Å². The second-order valence-electron chi connectivity index (χ2n) is 4.34. The molecule has 0 unspecified atom stereocenters. The average molecular weight is 282 g/mol. The normalized spacial score (nSPS) is 10.5. The fourth-order valence-electron chi connectivity index (χ4n) is 1.93. The van der Waals surface area contributed by atoms with Crippen molar-refractivity contribution in [2.45, 2.75) is 0 Å². The Morgan fingerprint density at radius 1 is 1.14 bits per heavy atom. The van der Waals surface area contributed by atoms with E-state index in [-0.39, 0.29) is 17.3 Å². The topological polar surface area (TPSA) is 92.4 Å². The lowest BCUT2D eigenvalue weighted by molar-refractivity contribution is 0.0696. The fraction of sp³-hybridized carbons (Fsp3) is 0. The van der Waals surface area contributed by atoms with Gasteiger partial charge in [-0.2, -0.15) is 0 Å². The number of carbonyl (C=O) groups is 2. The molecule has 6 heteroatoms. The number of rotatable bonds is 3. The van der Waals surface area contributed by atoms with E-state index in [4.69, 9.17) is 9.52 Å². The molecule has 3 rings (SSSR count). The minimum atomic E-state index is -1.07. The summed E-state index contributed by atoms with van der Waals surface area (Å²) < 4.78 is 5.30. The van der Waals surface area contributed by atoms with Crippen LogP contribution in [0, 0.1) is 0 Å². The number of aromatic nitrogens is 1. The highest BCUT2D eigenvalue weighted by atomic mass is 16.4. The number of nitrogens with one attached hydrogen (secondary N) is 1. The smallest absolute Gasteiger partial charge is 0.337 e. The summed E-state index contributed by atoms with van der Waals surface area (Å²) in [5.74, 6) is -1.16. The molecular formula is C15H10N2O4. The van der Waals surface area contributed by atoms with Gasteiger partial charge in [0.1, 0.15) is 17.7 Å². The van der Waals surface area contributed by atoms with Crippen LogP contribution in [0.4, 0.5) is 5.82 Å². The number of hydrogen-bond acceptors (Lipinski definition) is 4. The Hall–Kier alpha value is -3.15. The number of nitrogens with zero attached hydrogens (tertiary/aromatic N) is 1. The number of pyridine rings is 1. The Morgan fingerprint density at radius 3 is 2.67 bits per heavy atom. The van der Waals surface area contributed by atoms with Gasteiger partial charge in [0.15, 0.2) is 0 Å². The van der Waals surface area contributed by atoms with Crippen LogP contribution in [0.15, 0.2) is 53.3 Å². The van der Waals surface area contributed by atoms with Gasteiger partial charge in [-0.1, -0.05) is 18.2 Å². The lowest BCUT2D eigenvalue weighted by Crippen LogP contribution is -2.12. The van der Waals surface area contributed by atoms with Crippen LogP contribution in [-0.4, -0.2) is 22.0 Å². The largest absolute Gasteiger partial charge is 0.478 e. The number of carboxylic acid groups (broad SMARTS) is 1. The fourth-order valence-corrected chi connectivity index (χ4v) is 1.93. The molecule has 0 saturated carbocycles. The molecule has 2 N–H and O–H groups in total. The van der Waals surface area contributed by atoms with E-state index in [1.54, 1.807) is 12.1 Å². The highest BCUT2D eigenvalue weighted by Crippen LogP contribution is 2.21. The van der Waals surface area contributed by atoms with Crippen molar-refractivity contribution in [3.63, 3.8) is 0 Å². The second kappa shape index (κ2) is 5.09. The van der Waals surface area contributed by atoms with Crippen molar-refractivity contribution < 1.29 is 19.1 Å². The van der Waals surface area contributed by atoms with Crippen LogP contribution in [0.2, 0.25) is 0 Å². The number of carbonyl (C=O) groups excluding carboxylic acids is 1. The maximum atomic E-state index is 12.2. The van der Waals surface area contributed by atoms with Gasteiger partial charge in [0.2, 0.25) is 0 Å². The van der Waals surface area contributed by atoms with Crippen LogP contribution >= 0.6 is 0 Å². The van der Waals surface area contributed by atoms with E-state index < -0.39 is 5.97 Å². The summed E-state index contributed by atoms with van der Waals surface area (Å²) in [5.41, 5.74) is 1.08. The maximum Gasteiger partial charge on any atom is 0.337 e. The lowest BCUT2D eigenvalue weighted by atomic mass is 10.1. The van der Waals surface area contributed by atoms with Crippen molar-refractivity contribution in [3.8, 4) is 0 Å². The predicted molar refractivity (Wildman–Crippen MR) is 75.4 cm³/mol. The molecule has 21 heavy (non-hydrogen) atoms. The third kappa shape index (κ3) is 2.46. The molecule has 0 aliphatic rings. The minimum absolute atomic E-state index is 0.0572. The Balaban J connectivity index is 1.84. The molecule has 2 heterocycles. The Bertz CT molecular complexity index is 821. The number of aromatic carboxylic acids is 1. The van der Waals surface area contributed by atoms with Crippen molar-refractivity contribution >= 4 is 28.7 Å². The molecule has 6 nitrogen and oxygen atoms in total. The molecule has 1 aromatic carbocycles. The summed E-state index contributed by atoms with van der Waals surface area (Å²) in [6.07, 6.45) is 2.57. The highest BCUT2D eigenvalue weighted by molar-refractivity contribution is 6.11. The maximum absolute atomic E-state index is 12.2. The van der Waals surface area contributed by atoms with Crippen LogP contribution in [0.25, 0.3) is 11.0 Å². The molecule has 3 aromatic rings. The molecular weight excluding hydrogens is 272 g/mol. The zero-order valence-corrected chi connectivity index (χ0v) is 10.7. The number of anilines is 1. The summed E-state index contributed by atoms with van der Waals surface area (Å²) in [5, 5.41) is 12.1. The van der Waals surface area contributed by atoms with E-state index in [9.17, 15) is 9.59 Å². The molecule has 0 atom stereocenters. The first kappa shape index (κ1) is 12.9. The molecule has 0 saturated heterocycles. The number of para-hydroxylation sites is 1. The molecule has 2 aromatic heterocycles. The van der Waals surface area contributed by atoms with Gasteiger partial charge in [-0.15, -0.1) is 0 Å². The standard InChI is InChI=1S/C15H10N2O4/c18-14(11-8-21-12-4-2-1-3-10(11)12)17-13-6-5-9(7-16-13)15(19)20/h1-8H,(H,19,20)(H,16,17,18). The van der Waals surface area contributed by atoms with Gasteiger partial charge < -0.3 is 14.8 Å². The van der Waals surface area contributed by atoms with Gasteiger partial charge in [0, 0.05) is 11.6 Å². The number of furan rings is 1. The lowest BCUT2D eigenvalue weighted by Gasteiger charge is -2.03. The van der Waals surface area contributed by atoms with Gasteiger partial charge in [-0.3, -0.25) is 4.79 Å². The van der Waals surface area contributed by atoms with Gasteiger partial charge in [-0.05, 0) is 18.2 Å². The summed E-state index contributed by atoms with van der Waals surface area (Å²) in [6.45, 7) is 0. The zero-order valence-electron chi connectivity index (χ0n) is 10.7. The van der Waals surface area contributed by atoms with E-state index in [1.165, 1.54) is 24.6 Å². The van der Waals surface area contributed by atoms with Crippen molar-refractivity contribution in [1.29, 1.82) is 0 Å². The van der Waals surface area contributed by atoms with Crippen molar-refractivity contribution in [1.82, 2.24) is 4.98 Å². The third-order valence-corrected chi connectivity index (χ3v) is 2.98. The first-order valence-electron chi connectivity index (χ1n) is 6.12. The van der Waals surface area contributed by atoms with Gasteiger partial charge in [0.25, 0.3) is 5.91 Å². The monoisotopic (exact) mass is 282 g/mol. The van der Waals surface area contributed by atoms with E-state index in [2.05, 4.69) is 10.3 Å². The Morgan fingerprint density at radius 2 is 1.95 bits per heavy atom. The van der Waals surface area contributed by atoms with Crippen LogP contribution < -0.4 is 5.32 Å². The van der Waals surface area contributed by atoms with Crippen molar-refractivity contribution in [2.75, 3.05) is 5.32 Å². The first-order valence-corrected chi connectivity index (χ1v) is 6.12. The van der Waals surface area contributed by atoms with E-state index >= 15 is 0 Å². The second-order valence-corrected chi connectivity index (χ2v) is 4.34.